The zero-order valence-corrected chi connectivity index (χ0v) is 15.9. The van der Waals surface area contributed by atoms with Gasteiger partial charge in [-0.05, 0) is 37.9 Å². The molecular formula is C20H24N2O3S. The molecule has 1 heterocycles. The molecule has 1 unspecified atom stereocenters. The van der Waals surface area contributed by atoms with E-state index in [4.69, 9.17) is 9.47 Å². The van der Waals surface area contributed by atoms with Crippen LogP contribution < -0.4 is 14.8 Å². The van der Waals surface area contributed by atoms with Crippen molar-refractivity contribution in [2.45, 2.75) is 10.9 Å². The van der Waals surface area contributed by atoms with Gasteiger partial charge in [0.25, 0.3) is 0 Å². The first kappa shape index (κ1) is 18.6. The molecule has 0 saturated carbocycles. The number of nitrogens with zero attached hydrogens (tertiary/aromatic N) is 1. The molecule has 1 aliphatic rings. The number of nitrogens with one attached hydrogen (secondary N) is 1. The van der Waals surface area contributed by atoms with Gasteiger partial charge in [-0.15, -0.1) is 11.8 Å². The van der Waals surface area contributed by atoms with Crippen molar-refractivity contribution >= 4 is 17.7 Å². The third kappa shape index (κ3) is 4.93. The minimum Gasteiger partial charge on any atom is -0.486 e. The van der Waals surface area contributed by atoms with Gasteiger partial charge in [-0.2, -0.15) is 0 Å². The van der Waals surface area contributed by atoms with Crippen molar-refractivity contribution < 1.29 is 14.3 Å². The van der Waals surface area contributed by atoms with Crippen LogP contribution in [-0.2, 0) is 4.79 Å². The molecule has 2 aromatic rings. The molecule has 5 nitrogen and oxygen atoms in total. The van der Waals surface area contributed by atoms with E-state index < -0.39 is 0 Å². The number of benzene rings is 2. The first-order valence-electron chi connectivity index (χ1n) is 8.64. The number of fused-ring (bicyclic) bond motifs is 1. The van der Waals surface area contributed by atoms with E-state index in [2.05, 4.69) is 22.3 Å². The molecule has 0 radical (unpaired) electrons. The largest absolute Gasteiger partial charge is 0.486 e. The van der Waals surface area contributed by atoms with E-state index in [1.807, 2.05) is 50.5 Å². The third-order valence-corrected chi connectivity index (χ3v) is 5.18. The highest BCUT2D eigenvalue weighted by molar-refractivity contribution is 8.00. The zero-order valence-electron chi connectivity index (χ0n) is 15.1. The Morgan fingerprint density at radius 2 is 1.85 bits per heavy atom. The van der Waals surface area contributed by atoms with Gasteiger partial charge in [-0.25, -0.2) is 0 Å². The lowest BCUT2D eigenvalue weighted by Gasteiger charge is -2.25. The normalized spacial score (nSPS) is 14.1. The van der Waals surface area contributed by atoms with Gasteiger partial charge in [0.2, 0.25) is 5.91 Å². The van der Waals surface area contributed by atoms with E-state index in [1.165, 1.54) is 17.3 Å². The van der Waals surface area contributed by atoms with Gasteiger partial charge in [0.15, 0.2) is 11.5 Å². The van der Waals surface area contributed by atoms with Crippen LogP contribution in [0, 0.1) is 0 Å². The molecule has 0 fully saturated rings. The summed E-state index contributed by atoms with van der Waals surface area (Å²) >= 11 is 1.50. The molecule has 0 spiro atoms. The van der Waals surface area contributed by atoms with Crippen LogP contribution >= 0.6 is 11.8 Å². The lowest BCUT2D eigenvalue weighted by Crippen LogP contribution is -2.35. The quantitative estimate of drug-likeness (QED) is 0.758. The number of likely N-dealkylation sites (N-methyl/N-ethyl adjacent to an activating group) is 1. The second kappa shape index (κ2) is 8.96. The lowest BCUT2D eigenvalue weighted by molar-refractivity contribution is -0.118. The number of carbonyl (C=O) groups is 1. The number of thioether (sulfide) groups is 1. The Bertz CT molecular complexity index is 737. The molecule has 1 aliphatic heterocycles. The van der Waals surface area contributed by atoms with Crippen molar-refractivity contribution in [1.82, 2.24) is 10.2 Å². The van der Waals surface area contributed by atoms with E-state index in [-0.39, 0.29) is 11.9 Å². The van der Waals surface area contributed by atoms with Crippen molar-refractivity contribution in [3.05, 3.63) is 54.1 Å². The molecule has 1 amide bonds. The van der Waals surface area contributed by atoms with Gasteiger partial charge < -0.3 is 19.7 Å². The topological polar surface area (TPSA) is 50.8 Å². The lowest BCUT2D eigenvalue weighted by atomic mass is 10.1. The first-order valence-corrected chi connectivity index (χ1v) is 9.62. The van der Waals surface area contributed by atoms with E-state index in [0.29, 0.717) is 25.5 Å². The minimum absolute atomic E-state index is 0.0210. The minimum atomic E-state index is 0.0210. The van der Waals surface area contributed by atoms with Gasteiger partial charge >= 0.3 is 0 Å². The molecule has 3 rings (SSSR count). The Labute approximate surface area is 158 Å². The van der Waals surface area contributed by atoms with Crippen LogP contribution in [0.1, 0.15) is 11.6 Å². The summed E-state index contributed by atoms with van der Waals surface area (Å²) in [5.41, 5.74) is 1.19. The fraction of sp³-hybridized carbons (Fsp3) is 0.350. The van der Waals surface area contributed by atoms with Crippen molar-refractivity contribution in [2.75, 3.05) is 39.6 Å². The summed E-state index contributed by atoms with van der Waals surface area (Å²) in [5.74, 6) is 1.90. The Morgan fingerprint density at radius 3 is 2.58 bits per heavy atom. The number of hydrogen-bond acceptors (Lipinski definition) is 5. The molecule has 0 bridgehead atoms. The van der Waals surface area contributed by atoms with Gasteiger partial charge in [-0.1, -0.05) is 30.3 Å². The Kier molecular flexibility index (Phi) is 6.41. The van der Waals surface area contributed by atoms with Crippen molar-refractivity contribution in [3.63, 3.8) is 0 Å². The van der Waals surface area contributed by atoms with E-state index in [1.54, 1.807) is 0 Å². The van der Waals surface area contributed by atoms with Gasteiger partial charge in [0, 0.05) is 11.4 Å². The summed E-state index contributed by atoms with van der Waals surface area (Å²) in [6.45, 7) is 1.72. The number of hydrogen-bond donors (Lipinski definition) is 1. The summed E-state index contributed by atoms with van der Waals surface area (Å²) < 4.78 is 11.1. The maximum absolute atomic E-state index is 12.3. The van der Waals surface area contributed by atoms with E-state index in [9.17, 15) is 4.79 Å². The number of ether oxygens (including phenoxy) is 2. The number of rotatable bonds is 7. The summed E-state index contributed by atoms with van der Waals surface area (Å²) in [5, 5.41) is 3.04. The van der Waals surface area contributed by atoms with Crippen LogP contribution in [0.25, 0.3) is 0 Å². The Balaban J connectivity index is 1.51. The standard InChI is InChI=1S/C20H24N2O3S/c1-22(2)17(15-6-4-3-5-7-15)13-21-20(23)14-26-16-8-9-18-19(12-16)25-11-10-24-18/h3-9,12,17H,10-11,13-14H2,1-2H3,(H,21,23). The van der Waals surface area contributed by atoms with E-state index in [0.717, 1.165) is 16.4 Å². The van der Waals surface area contributed by atoms with Crippen LogP contribution in [-0.4, -0.2) is 50.4 Å². The van der Waals surface area contributed by atoms with Crippen molar-refractivity contribution in [1.29, 1.82) is 0 Å². The Hall–Kier alpha value is -2.18. The molecule has 0 saturated heterocycles. The molecular weight excluding hydrogens is 348 g/mol. The molecule has 1 atom stereocenters. The van der Waals surface area contributed by atoms with Crippen LogP contribution in [0.5, 0.6) is 11.5 Å². The highest BCUT2D eigenvalue weighted by Crippen LogP contribution is 2.34. The fourth-order valence-electron chi connectivity index (χ4n) is 2.80. The van der Waals surface area contributed by atoms with Crippen LogP contribution in [0.15, 0.2) is 53.4 Å². The SMILES string of the molecule is CN(C)C(CNC(=O)CSc1ccc2c(c1)OCCO2)c1ccccc1. The van der Waals surface area contributed by atoms with Gasteiger partial charge in [0.1, 0.15) is 13.2 Å². The van der Waals surface area contributed by atoms with Crippen LogP contribution in [0.4, 0.5) is 0 Å². The summed E-state index contributed by atoms with van der Waals surface area (Å²) in [6, 6.07) is 16.1. The smallest absolute Gasteiger partial charge is 0.230 e. The van der Waals surface area contributed by atoms with Crippen LogP contribution in [0.2, 0.25) is 0 Å². The summed E-state index contributed by atoms with van der Waals surface area (Å²) in [6.07, 6.45) is 0. The van der Waals surface area contributed by atoms with Crippen molar-refractivity contribution in [3.8, 4) is 11.5 Å². The van der Waals surface area contributed by atoms with Gasteiger partial charge in [0.05, 0.1) is 11.8 Å². The van der Waals surface area contributed by atoms with Gasteiger partial charge in [-0.3, -0.25) is 4.79 Å². The average molecular weight is 372 g/mol. The summed E-state index contributed by atoms with van der Waals surface area (Å²) in [7, 11) is 4.04. The summed E-state index contributed by atoms with van der Waals surface area (Å²) in [4.78, 5) is 15.4. The fourth-order valence-corrected chi connectivity index (χ4v) is 3.55. The number of amides is 1. The molecule has 26 heavy (non-hydrogen) atoms. The molecule has 138 valence electrons. The van der Waals surface area contributed by atoms with Crippen LogP contribution in [0.3, 0.4) is 0 Å². The molecule has 2 aromatic carbocycles. The maximum Gasteiger partial charge on any atom is 0.230 e. The third-order valence-electron chi connectivity index (χ3n) is 4.18. The maximum atomic E-state index is 12.3. The average Bonchev–Trinajstić information content (AvgIpc) is 2.67. The molecule has 0 aromatic heterocycles. The highest BCUT2D eigenvalue weighted by atomic mass is 32.2. The molecule has 1 N–H and O–H groups in total. The Morgan fingerprint density at radius 1 is 1.12 bits per heavy atom. The second-order valence-corrected chi connectivity index (χ2v) is 7.34. The highest BCUT2D eigenvalue weighted by Gasteiger charge is 2.16. The first-order chi connectivity index (χ1) is 12.6. The molecule has 0 aliphatic carbocycles. The van der Waals surface area contributed by atoms with E-state index >= 15 is 0 Å². The van der Waals surface area contributed by atoms with Crippen molar-refractivity contribution in [2.24, 2.45) is 0 Å². The number of carbonyl (C=O) groups excluding carboxylic acids is 1. The predicted molar refractivity (Wildman–Crippen MR) is 104 cm³/mol. The predicted octanol–water partition coefficient (Wildman–Crippen LogP) is 2.97. The second-order valence-electron chi connectivity index (χ2n) is 6.29. The molecule has 6 heteroatoms. The monoisotopic (exact) mass is 372 g/mol. The zero-order chi connectivity index (χ0) is 18.4.